The first kappa shape index (κ1) is 25.4. The summed E-state index contributed by atoms with van der Waals surface area (Å²) in [7, 11) is 0. The Morgan fingerprint density at radius 3 is 2.32 bits per heavy atom. The number of halogens is 3. The van der Waals surface area contributed by atoms with E-state index in [4.69, 9.17) is 4.74 Å². The van der Waals surface area contributed by atoms with Gasteiger partial charge in [0.05, 0.1) is 16.9 Å². The average molecular weight is 478 g/mol. The molecule has 0 aromatic heterocycles. The molecule has 1 aliphatic heterocycles. The van der Waals surface area contributed by atoms with Crippen LogP contribution in [-0.4, -0.2) is 31.5 Å². The molecular formula is C25H30F3N3O3. The number of hydrogen-bond acceptors (Lipinski definition) is 4. The lowest BCUT2D eigenvalue weighted by molar-refractivity contribution is -0.137. The van der Waals surface area contributed by atoms with Gasteiger partial charge in [0, 0.05) is 30.3 Å². The first-order valence-electron chi connectivity index (χ1n) is 11.2. The van der Waals surface area contributed by atoms with E-state index in [1.54, 1.807) is 45.0 Å². The van der Waals surface area contributed by atoms with E-state index in [9.17, 15) is 22.8 Å². The molecule has 0 aliphatic carbocycles. The number of anilines is 3. The molecule has 0 unspecified atom stereocenters. The molecule has 1 aliphatic rings. The van der Waals surface area contributed by atoms with Crippen molar-refractivity contribution in [3.05, 3.63) is 48.0 Å². The van der Waals surface area contributed by atoms with Crippen LogP contribution in [0.5, 0.6) is 5.75 Å². The van der Waals surface area contributed by atoms with Crippen molar-refractivity contribution in [1.29, 1.82) is 0 Å². The van der Waals surface area contributed by atoms with E-state index in [1.807, 2.05) is 4.90 Å². The predicted molar refractivity (Wildman–Crippen MR) is 126 cm³/mol. The summed E-state index contributed by atoms with van der Waals surface area (Å²) in [5, 5.41) is 5.36. The van der Waals surface area contributed by atoms with Crippen LogP contribution in [0.4, 0.5) is 30.2 Å². The standard InChI is InChI=1S/C25H30F3N3O3/c1-24(2,3)23(33)29-18-8-7-9-19(15-18)34-16-22(32)30-20-14-17(25(26,27)28)10-11-21(20)31-12-5-4-6-13-31/h7-11,14-15H,4-6,12-13,16H2,1-3H3,(H,29,33)(H,30,32). The van der Waals surface area contributed by atoms with E-state index < -0.39 is 29.7 Å². The van der Waals surface area contributed by atoms with Gasteiger partial charge in [-0.2, -0.15) is 13.2 Å². The molecule has 2 aromatic rings. The van der Waals surface area contributed by atoms with Crippen molar-refractivity contribution in [2.24, 2.45) is 5.41 Å². The van der Waals surface area contributed by atoms with Crippen LogP contribution in [0, 0.1) is 5.41 Å². The number of carbonyl (C=O) groups excluding carboxylic acids is 2. The normalized spacial score (nSPS) is 14.5. The number of amides is 2. The van der Waals surface area contributed by atoms with Crippen LogP contribution in [0.25, 0.3) is 0 Å². The highest BCUT2D eigenvalue weighted by atomic mass is 19.4. The molecule has 2 aromatic carbocycles. The first-order valence-corrected chi connectivity index (χ1v) is 11.2. The minimum Gasteiger partial charge on any atom is -0.484 e. The van der Waals surface area contributed by atoms with Gasteiger partial charge in [0.1, 0.15) is 5.75 Å². The number of piperidine rings is 1. The smallest absolute Gasteiger partial charge is 0.416 e. The Labute approximate surface area is 197 Å². The number of nitrogens with zero attached hydrogens (tertiary/aromatic N) is 1. The van der Waals surface area contributed by atoms with Gasteiger partial charge in [0.15, 0.2) is 6.61 Å². The second-order valence-corrected chi connectivity index (χ2v) is 9.35. The SMILES string of the molecule is CC(C)(C)C(=O)Nc1cccc(OCC(=O)Nc2cc(C(F)(F)F)ccc2N2CCCCC2)c1. The lowest BCUT2D eigenvalue weighted by Crippen LogP contribution is -2.31. The zero-order valence-electron chi connectivity index (χ0n) is 19.6. The zero-order valence-corrected chi connectivity index (χ0v) is 19.6. The minimum absolute atomic E-state index is 0.108. The molecular weight excluding hydrogens is 447 g/mol. The maximum Gasteiger partial charge on any atom is 0.416 e. The van der Waals surface area contributed by atoms with Gasteiger partial charge in [-0.3, -0.25) is 9.59 Å². The summed E-state index contributed by atoms with van der Waals surface area (Å²) in [6.45, 7) is 6.42. The number of benzene rings is 2. The van der Waals surface area contributed by atoms with Crippen LogP contribution in [0.2, 0.25) is 0 Å². The fraction of sp³-hybridized carbons (Fsp3) is 0.440. The van der Waals surface area contributed by atoms with Crippen LogP contribution in [0.3, 0.4) is 0 Å². The third kappa shape index (κ3) is 6.88. The molecule has 0 atom stereocenters. The Hall–Kier alpha value is -3.23. The van der Waals surface area contributed by atoms with E-state index in [1.165, 1.54) is 6.07 Å². The molecule has 0 spiro atoms. The number of ether oxygens (including phenoxy) is 1. The molecule has 184 valence electrons. The van der Waals surface area contributed by atoms with Crippen molar-refractivity contribution in [2.45, 2.75) is 46.2 Å². The molecule has 34 heavy (non-hydrogen) atoms. The second kappa shape index (κ2) is 10.4. The third-order valence-corrected chi connectivity index (χ3v) is 5.44. The number of rotatable bonds is 6. The quantitative estimate of drug-likeness (QED) is 0.560. The fourth-order valence-corrected chi connectivity index (χ4v) is 3.54. The summed E-state index contributed by atoms with van der Waals surface area (Å²) in [6.07, 6.45) is -1.56. The number of alkyl halides is 3. The van der Waals surface area contributed by atoms with Gasteiger partial charge in [-0.25, -0.2) is 0 Å². The van der Waals surface area contributed by atoms with E-state index in [-0.39, 0.29) is 11.6 Å². The van der Waals surface area contributed by atoms with Crippen molar-refractivity contribution >= 4 is 28.9 Å². The molecule has 1 fully saturated rings. The summed E-state index contributed by atoms with van der Waals surface area (Å²) in [5.74, 6) is -0.402. The number of carbonyl (C=O) groups is 2. The molecule has 2 amide bonds. The number of hydrogen-bond donors (Lipinski definition) is 2. The second-order valence-electron chi connectivity index (χ2n) is 9.35. The van der Waals surface area contributed by atoms with Crippen molar-refractivity contribution in [2.75, 3.05) is 35.2 Å². The molecule has 1 saturated heterocycles. The van der Waals surface area contributed by atoms with Gasteiger partial charge in [-0.15, -0.1) is 0 Å². The van der Waals surface area contributed by atoms with E-state index >= 15 is 0 Å². The number of nitrogens with one attached hydrogen (secondary N) is 2. The van der Waals surface area contributed by atoms with Crippen LogP contribution in [-0.2, 0) is 15.8 Å². The monoisotopic (exact) mass is 477 g/mol. The molecule has 0 radical (unpaired) electrons. The molecule has 0 bridgehead atoms. The Balaban J connectivity index is 1.69. The van der Waals surface area contributed by atoms with Crippen LogP contribution < -0.4 is 20.3 Å². The van der Waals surface area contributed by atoms with Crippen LogP contribution in [0.1, 0.15) is 45.6 Å². The fourth-order valence-electron chi connectivity index (χ4n) is 3.54. The summed E-state index contributed by atoms with van der Waals surface area (Å²) < 4.78 is 45.3. The van der Waals surface area contributed by atoms with Crippen molar-refractivity contribution in [1.82, 2.24) is 0 Å². The Morgan fingerprint density at radius 2 is 1.68 bits per heavy atom. The summed E-state index contributed by atoms with van der Waals surface area (Å²) in [5.41, 5.74) is -0.215. The van der Waals surface area contributed by atoms with Crippen LogP contribution in [0.15, 0.2) is 42.5 Å². The van der Waals surface area contributed by atoms with Crippen molar-refractivity contribution < 1.29 is 27.5 Å². The summed E-state index contributed by atoms with van der Waals surface area (Å²) in [4.78, 5) is 26.7. The molecule has 3 rings (SSSR count). The average Bonchev–Trinajstić information content (AvgIpc) is 2.77. The third-order valence-electron chi connectivity index (χ3n) is 5.44. The maximum atomic E-state index is 13.3. The van der Waals surface area contributed by atoms with Gasteiger partial charge >= 0.3 is 6.18 Å². The summed E-state index contributed by atoms with van der Waals surface area (Å²) in [6, 6.07) is 9.99. The predicted octanol–water partition coefficient (Wildman–Crippen LogP) is 5.70. The highest BCUT2D eigenvalue weighted by Crippen LogP contribution is 2.36. The van der Waals surface area contributed by atoms with E-state index in [2.05, 4.69) is 10.6 Å². The highest BCUT2D eigenvalue weighted by molar-refractivity contribution is 5.96. The van der Waals surface area contributed by atoms with Gasteiger partial charge in [0.2, 0.25) is 5.91 Å². The van der Waals surface area contributed by atoms with Gasteiger partial charge < -0.3 is 20.3 Å². The Kier molecular flexibility index (Phi) is 7.74. The maximum absolute atomic E-state index is 13.3. The molecule has 1 heterocycles. The molecule has 0 saturated carbocycles. The van der Waals surface area contributed by atoms with Crippen LogP contribution >= 0.6 is 0 Å². The topological polar surface area (TPSA) is 70.7 Å². The lowest BCUT2D eigenvalue weighted by Gasteiger charge is -2.31. The van der Waals surface area contributed by atoms with E-state index in [0.717, 1.165) is 44.5 Å². The molecule has 2 N–H and O–H groups in total. The summed E-state index contributed by atoms with van der Waals surface area (Å²) >= 11 is 0. The van der Waals surface area contributed by atoms with Gasteiger partial charge in [-0.05, 0) is 49.6 Å². The van der Waals surface area contributed by atoms with Gasteiger partial charge in [0.25, 0.3) is 5.91 Å². The first-order chi connectivity index (χ1) is 15.9. The Bertz CT molecular complexity index is 1030. The lowest BCUT2D eigenvalue weighted by atomic mass is 9.95. The van der Waals surface area contributed by atoms with E-state index in [0.29, 0.717) is 17.1 Å². The minimum atomic E-state index is -4.52. The van der Waals surface area contributed by atoms with Gasteiger partial charge in [-0.1, -0.05) is 26.8 Å². The zero-order chi connectivity index (χ0) is 24.9. The largest absolute Gasteiger partial charge is 0.484 e. The Morgan fingerprint density at radius 1 is 0.971 bits per heavy atom. The molecule has 9 heteroatoms. The van der Waals surface area contributed by atoms with Crippen molar-refractivity contribution in [3.63, 3.8) is 0 Å². The van der Waals surface area contributed by atoms with Crippen molar-refractivity contribution in [3.8, 4) is 5.75 Å². The highest BCUT2D eigenvalue weighted by Gasteiger charge is 2.32. The molecule has 6 nitrogen and oxygen atoms in total.